The van der Waals surface area contributed by atoms with Crippen LogP contribution in [-0.2, 0) is 6.42 Å². The third-order valence-electron chi connectivity index (χ3n) is 5.13. The van der Waals surface area contributed by atoms with Crippen LogP contribution in [0.4, 0.5) is 0 Å². The summed E-state index contributed by atoms with van der Waals surface area (Å²) in [6.07, 6.45) is 8.55. The molecule has 0 radical (unpaired) electrons. The zero-order chi connectivity index (χ0) is 22.3. The van der Waals surface area contributed by atoms with Gasteiger partial charge in [-0.05, 0) is 36.1 Å². The second-order valence-electron chi connectivity index (χ2n) is 7.98. The second-order valence-corrected chi connectivity index (χ2v) is 8.89. The van der Waals surface area contributed by atoms with E-state index in [9.17, 15) is 0 Å². The Kier molecular flexibility index (Phi) is 6.97. The van der Waals surface area contributed by atoms with Crippen LogP contribution in [0.1, 0.15) is 25.0 Å². The molecule has 2 heterocycles. The van der Waals surface area contributed by atoms with Crippen LogP contribution in [0, 0.1) is 5.92 Å². The van der Waals surface area contributed by atoms with Gasteiger partial charge in [0, 0.05) is 62.8 Å². The summed E-state index contributed by atoms with van der Waals surface area (Å²) in [5.41, 5.74) is 4.37. The molecule has 0 bridgehead atoms. The van der Waals surface area contributed by atoms with Crippen molar-refractivity contribution in [3.63, 3.8) is 0 Å². The third-order valence-corrected chi connectivity index (χ3v) is 6.09. The van der Waals surface area contributed by atoms with Crippen molar-refractivity contribution >= 4 is 50.1 Å². The van der Waals surface area contributed by atoms with Crippen molar-refractivity contribution < 1.29 is 0 Å². The van der Waals surface area contributed by atoms with Gasteiger partial charge in [0.1, 0.15) is 5.84 Å². The zero-order valence-corrected chi connectivity index (χ0v) is 19.3. The average Bonchev–Trinajstić information content (AvgIpc) is 3.41. The van der Waals surface area contributed by atoms with Crippen molar-refractivity contribution in [3.05, 3.63) is 90.1 Å². The number of hydrogen-bond donors (Lipinski definition) is 2. The summed E-state index contributed by atoms with van der Waals surface area (Å²) in [6.45, 7) is 9.16. The molecule has 2 aromatic heterocycles. The van der Waals surface area contributed by atoms with Crippen LogP contribution in [0.5, 0.6) is 0 Å². The van der Waals surface area contributed by atoms with Crippen molar-refractivity contribution in [2.45, 2.75) is 20.3 Å². The Morgan fingerprint density at radius 1 is 1.12 bits per heavy atom. The van der Waals surface area contributed by atoms with Crippen LogP contribution in [0.25, 0.3) is 26.7 Å². The zero-order valence-electron chi connectivity index (χ0n) is 18.5. The molecule has 4 nitrogen and oxygen atoms in total. The molecular formula is C27H28N4S. The topological polar surface area (TPSA) is 52.5 Å². The summed E-state index contributed by atoms with van der Waals surface area (Å²) in [6, 6.07) is 16.7. The molecule has 0 aliphatic carbocycles. The highest BCUT2D eigenvalue weighted by molar-refractivity contribution is 7.17. The SMILES string of the molecule is C=C(NC(/C=C/N=CC(C)C)=NCCc1c[nH]c2ccccc12)c1csc2ccccc12. The van der Waals surface area contributed by atoms with Gasteiger partial charge in [-0.15, -0.1) is 11.3 Å². The van der Waals surface area contributed by atoms with E-state index in [1.165, 1.54) is 21.0 Å². The van der Waals surface area contributed by atoms with E-state index in [0.717, 1.165) is 29.0 Å². The normalized spacial score (nSPS) is 12.7. The van der Waals surface area contributed by atoms with Gasteiger partial charge >= 0.3 is 0 Å². The van der Waals surface area contributed by atoms with Gasteiger partial charge < -0.3 is 10.3 Å². The number of H-pyrrole nitrogens is 1. The molecule has 5 heteroatoms. The van der Waals surface area contributed by atoms with Crippen LogP contribution in [0.2, 0.25) is 0 Å². The molecule has 4 aromatic rings. The lowest BCUT2D eigenvalue weighted by Crippen LogP contribution is -2.20. The van der Waals surface area contributed by atoms with Crippen molar-refractivity contribution in [2.24, 2.45) is 15.9 Å². The molecule has 2 aromatic carbocycles. The van der Waals surface area contributed by atoms with Gasteiger partial charge in [-0.2, -0.15) is 0 Å². The van der Waals surface area contributed by atoms with Gasteiger partial charge in [-0.3, -0.25) is 9.98 Å². The van der Waals surface area contributed by atoms with Crippen LogP contribution >= 0.6 is 11.3 Å². The molecule has 0 unspecified atom stereocenters. The number of para-hydroxylation sites is 1. The first-order valence-corrected chi connectivity index (χ1v) is 11.7. The van der Waals surface area contributed by atoms with E-state index >= 15 is 0 Å². The first-order chi connectivity index (χ1) is 15.6. The number of aromatic amines is 1. The number of fused-ring (bicyclic) bond motifs is 2. The number of aromatic nitrogens is 1. The van der Waals surface area contributed by atoms with Crippen LogP contribution in [-0.4, -0.2) is 23.6 Å². The van der Waals surface area contributed by atoms with Gasteiger partial charge in [0.05, 0.1) is 0 Å². The Balaban J connectivity index is 1.51. The minimum absolute atomic E-state index is 0.405. The highest BCUT2D eigenvalue weighted by atomic mass is 32.1. The van der Waals surface area contributed by atoms with Crippen molar-refractivity contribution in [2.75, 3.05) is 6.54 Å². The van der Waals surface area contributed by atoms with E-state index in [2.05, 4.69) is 89.8 Å². The Morgan fingerprint density at radius 3 is 2.75 bits per heavy atom. The van der Waals surface area contributed by atoms with Crippen LogP contribution in [0.3, 0.4) is 0 Å². The summed E-state index contributed by atoms with van der Waals surface area (Å²) in [7, 11) is 0. The van der Waals surface area contributed by atoms with Crippen molar-refractivity contribution in [1.82, 2.24) is 10.3 Å². The van der Waals surface area contributed by atoms with Crippen molar-refractivity contribution in [3.8, 4) is 0 Å². The molecule has 0 saturated heterocycles. The fraction of sp³-hybridized carbons (Fsp3) is 0.185. The molecule has 0 aliphatic rings. The summed E-state index contributed by atoms with van der Waals surface area (Å²) < 4.78 is 1.25. The number of aliphatic imine (C=N–C) groups is 2. The van der Waals surface area contributed by atoms with Gasteiger partial charge in [0.15, 0.2) is 0 Å². The number of thiophene rings is 1. The second kappa shape index (κ2) is 10.2. The molecule has 32 heavy (non-hydrogen) atoms. The maximum absolute atomic E-state index is 4.83. The predicted octanol–water partition coefficient (Wildman–Crippen LogP) is 6.82. The van der Waals surface area contributed by atoms with Gasteiger partial charge in [0.25, 0.3) is 0 Å². The van der Waals surface area contributed by atoms with E-state index in [-0.39, 0.29) is 0 Å². The molecule has 4 rings (SSSR count). The molecular weight excluding hydrogens is 412 g/mol. The molecule has 2 N–H and O–H groups in total. The summed E-state index contributed by atoms with van der Waals surface area (Å²) in [4.78, 5) is 12.5. The molecule has 0 saturated carbocycles. The first-order valence-electron chi connectivity index (χ1n) is 10.8. The largest absolute Gasteiger partial charge is 0.361 e. The minimum atomic E-state index is 0.405. The summed E-state index contributed by atoms with van der Waals surface area (Å²) in [5, 5.41) is 8.01. The van der Waals surface area contributed by atoms with Crippen LogP contribution in [0.15, 0.2) is 88.9 Å². The van der Waals surface area contributed by atoms with E-state index in [1.807, 2.05) is 18.4 Å². The Hall–Kier alpha value is -3.44. The van der Waals surface area contributed by atoms with E-state index in [0.29, 0.717) is 12.5 Å². The first kappa shape index (κ1) is 21.8. The lowest BCUT2D eigenvalue weighted by atomic mass is 10.1. The molecule has 0 aliphatic heterocycles. The fourth-order valence-electron chi connectivity index (χ4n) is 3.54. The standard InChI is InChI=1S/C27H28N4S/c1-19(2)16-28-14-13-27(29-15-12-21-17-30-25-10-6-4-8-22(21)25)31-20(3)24-18-32-26-11-7-5-9-23(24)26/h4-11,13-14,16-19,30H,3,12,15H2,1-2H3,(H,29,31)/b14-13+,28-16?. The maximum Gasteiger partial charge on any atom is 0.126 e. The molecule has 0 spiro atoms. The number of nitrogens with one attached hydrogen (secondary N) is 2. The Morgan fingerprint density at radius 2 is 1.91 bits per heavy atom. The van der Waals surface area contributed by atoms with Gasteiger partial charge in [-0.25, -0.2) is 0 Å². The summed E-state index contributed by atoms with van der Waals surface area (Å²) >= 11 is 1.73. The van der Waals surface area contributed by atoms with Gasteiger partial charge in [-0.1, -0.05) is 56.8 Å². The minimum Gasteiger partial charge on any atom is -0.361 e. The number of nitrogens with zero attached hydrogens (tertiary/aromatic N) is 2. The quantitative estimate of drug-likeness (QED) is 0.229. The summed E-state index contributed by atoms with van der Waals surface area (Å²) in [5.74, 6) is 1.16. The van der Waals surface area contributed by atoms with E-state index in [4.69, 9.17) is 4.99 Å². The molecule has 0 amide bonds. The third kappa shape index (κ3) is 5.24. The maximum atomic E-state index is 4.83. The van der Waals surface area contributed by atoms with Crippen molar-refractivity contribution in [1.29, 1.82) is 0 Å². The number of hydrogen-bond acceptors (Lipinski definition) is 3. The smallest absolute Gasteiger partial charge is 0.126 e. The predicted molar refractivity (Wildman–Crippen MR) is 141 cm³/mol. The average molecular weight is 441 g/mol. The fourth-order valence-corrected chi connectivity index (χ4v) is 4.51. The highest BCUT2D eigenvalue weighted by Crippen LogP contribution is 2.29. The number of benzene rings is 2. The number of amidine groups is 1. The molecule has 0 atom stereocenters. The molecule has 162 valence electrons. The number of rotatable bonds is 8. The van der Waals surface area contributed by atoms with Crippen LogP contribution < -0.4 is 5.32 Å². The lowest BCUT2D eigenvalue weighted by Gasteiger charge is -2.09. The van der Waals surface area contributed by atoms with E-state index in [1.54, 1.807) is 17.5 Å². The van der Waals surface area contributed by atoms with E-state index < -0.39 is 0 Å². The Bertz CT molecular complexity index is 1300. The highest BCUT2D eigenvalue weighted by Gasteiger charge is 2.08. The van der Waals surface area contributed by atoms with Gasteiger partial charge in [0.2, 0.25) is 0 Å². The molecule has 0 fully saturated rings. The monoisotopic (exact) mass is 440 g/mol. The Labute approximate surface area is 193 Å². The lowest BCUT2D eigenvalue weighted by molar-refractivity contribution is 0.907.